The van der Waals surface area contributed by atoms with Gasteiger partial charge in [-0.1, -0.05) is 12.1 Å². The predicted octanol–water partition coefficient (Wildman–Crippen LogP) is 3.99. The topological polar surface area (TPSA) is 29.5 Å². The van der Waals surface area contributed by atoms with Crippen molar-refractivity contribution in [3.05, 3.63) is 65.2 Å². The predicted molar refractivity (Wildman–Crippen MR) is 74.4 cm³/mol. The van der Waals surface area contributed by atoms with E-state index in [0.29, 0.717) is 23.1 Å². The third kappa shape index (κ3) is 2.21. The molecule has 1 aliphatic rings. The van der Waals surface area contributed by atoms with Gasteiger partial charge in [-0.3, -0.25) is 0 Å². The monoisotopic (exact) mass is 343 g/mol. The molecule has 3 nitrogen and oxygen atoms in total. The Morgan fingerprint density at radius 2 is 1.62 bits per heavy atom. The maximum atomic E-state index is 13.9. The number of esters is 1. The second-order valence-electron chi connectivity index (χ2n) is 5.27. The average molecular weight is 343 g/mol. The largest absolute Gasteiger partial charge is 0.453 e. The molecule has 126 valence electrons. The van der Waals surface area contributed by atoms with Crippen LogP contribution in [0.3, 0.4) is 0 Å². The summed E-state index contributed by atoms with van der Waals surface area (Å²) in [6.45, 7) is 0. The van der Waals surface area contributed by atoms with E-state index in [9.17, 15) is 26.7 Å². The van der Waals surface area contributed by atoms with Crippen molar-refractivity contribution in [2.45, 2.75) is 11.9 Å². The first kappa shape index (κ1) is 16.2. The van der Waals surface area contributed by atoms with Crippen LogP contribution < -0.4 is 4.90 Å². The van der Waals surface area contributed by atoms with Crippen LogP contribution in [-0.2, 0) is 10.5 Å². The van der Waals surface area contributed by atoms with Crippen molar-refractivity contribution < 1.29 is 31.5 Å². The summed E-state index contributed by atoms with van der Waals surface area (Å²) >= 11 is 0. The van der Waals surface area contributed by atoms with E-state index in [2.05, 4.69) is 0 Å². The Hall–Kier alpha value is -2.64. The Morgan fingerprint density at radius 1 is 1.04 bits per heavy atom. The van der Waals surface area contributed by atoms with E-state index in [1.54, 1.807) is 0 Å². The van der Waals surface area contributed by atoms with Gasteiger partial charge in [-0.2, -0.15) is 13.2 Å². The van der Waals surface area contributed by atoms with Crippen LogP contribution in [0.25, 0.3) is 0 Å². The Labute approximate surface area is 133 Å². The lowest BCUT2D eigenvalue weighted by atomic mass is 9.95. The fourth-order valence-corrected chi connectivity index (χ4v) is 2.78. The fraction of sp³-hybridized carbons (Fsp3) is 0.188. The van der Waals surface area contributed by atoms with Crippen molar-refractivity contribution in [1.82, 2.24) is 0 Å². The van der Waals surface area contributed by atoms with E-state index in [1.165, 1.54) is 24.3 Å². The number of fused-ring (bicyclic) bond motifs is 1. The van der Waals surface area contributed by atoms with Gasteiger partial charge in [0.15, 0.2) is 0 Å². The molecule has 0 aliphatic carbocycles. The van der Waals surface area contributed by atoms with Crippen molar-refractivity contribution in [3.8, 4) is 0 Å². The summed E-state index contributed by atoms with van der Waals surface area (Å²) in [6.07, 6.45) is -5.15. The lowest BCUT2D eigenvalue weighted by Gasteiger charge is -2.46. The van der Waals surface area contributed by atoms with Gasteiger partial charge in [0.2, 0.25) is 0 Å². The molecule has 0 N–H and O–H groups in total. The molecule has 0 saturated carbocycles. The molecular formula is C16H10F5NO2. The van der Waals surface area contributed by atoms with Gasteiger partial charge in [0.1, 0.15) is 11.6 Å². The molecule has 1 heterocycles. The molecule has 0 amide bonds. The van der Waals surface area contributed by atoms with Crippen molar-refractivity contribution >= 4 is 11.7 Å². The van der Waals surface area contributed by atoms with E-state index in [-0.39, 0.29) is 11.3 Å². The standard InChI is InChI=1S/C16H10F5NO2/c1-22-13-5-3-2-4-12(13)14(23)24-15(22,16(19,20)21)9-6-10(17)8-11(18)7-9/h2-8H,1H3/t15-/m0/s1. The average Bonchev–Trinajstić information content (AvgIpc) is 2.48. The van der Waals surface area contributed by atoms with Crippen molar-refractivity contribution in [2.24, 2.45) is 0 Å². The van der Waals surface area contributed by atoms with Gasteiger partial charge in [0.25, 0.3) is 0 Å². The number of ether oxygens (including phenoxy) is 1. The molecule has 2 aromatic rings. The van der Waals surface area contributed by atoms with E-state index in [1.807, 2.05) is 0 Å². The second-order valence-corrected chi connectivity index (χ2v) is 5.27. The highest BCUT2D eigenvalue weighted by molar-refractivity contribution is 5.98. The lowest BCUT2D eigenvalue weighted by molar-refractivity contribution is -0.265. The number of rotatable bonds is 1. The highest BCUT2D eigenvalue weighted by Gasteiger charge is 2.65. The number of carbonyl (C=O) groups excluding carboxylic acids is 1. The van der Waals surface area contributed by atoms with Gasteiger partial charge < -0.3 is 9.64 Å². The zero-order valence-corrected chi connectivity index (χ0v) is 12.2. The number of alkyl halides is 3. The smallest absolute Gasteiger partial charge is 0.421 e. The van der Waals surface area contributed by atoms with Crippen LogP contribution >= 0.6 is 0 Å². The van der Waals surface area contributed by atoms with E-state index >= 15 is 0 Å². The number of cyclic esters (lactones) is 1. The SMILES string of the molecule is CN1c2ccccc2C(=O)O[C@@]1(c1cc(F)cc(F)c1)C(F)(F)F. The molecular weight excluding hydrogens is 333 g/mol. The number of anilines is 1. The summed E-state index contributed by atoms with van der Waals surface area (Å²) in [6, 6.07) is 6.94. The maximum absolute atomic E-state index is 13.9. The van der Waals surface area contributed by atoms with Crippen molar-refractivity contribution in [1.29, 1.82) is 0 Å². The first-order chi connectivity index (χ1) is 11.2. The second kappa shape index (κ2) is 5.19. The van der Waals surface area contributed by atoms with Gasteiger partial charge in [0.05, 0.1) is 11.3 Å². The molecule has 1 aliphatic heterocycles. The quantitative estimate of drug-likeness (QED) is 0.579. The lowest BCUT2D eigenvalue weighted by Crippen LogP contribution is -2.60. The molecule has 24 heavy (non-hydrogen) atoms. The van der Waals surface area contributed by atoms with E-state index in [0.717, 1.165) is 7.05 Å². The maximum Gasteiger partial charge on any atom is 0.453 e. The number of para-hydroxylation sites is 1. The molecule has 8 heteroatoms. The summed E-state index contributed by atoms with van der Waals surface area (Å²) in [5, 5.41) is 0. The van der Waals surface area contributed by atoms with Crippen LogP contribution in [-0.4, -0.2) is 19.2 Å². The Kier molecular flexibility index (Phi) is 3.51. The Bertz CT molecular complexity index is 800. The molecule has 3 rings (SSSR count). The number of hydrogen-bond donors (Lipinski definition) is 0. The third-order valence-corrected chi connectivity index (χ3v) is 3.84. The number of halogens is 5. The molecule has 0 fully saturated rings. The van der Waals surface area contributed by atoms with Gasteiger partial charge in [-0.05, 0) is 24.3 Å². The minimum Gasteiger partial charge on any atom is -0.421 e. The van der Waals surface area contributed by atoms with E-state index < -0.39 is 35.1 Å². The summed E-state index contributed by atoms with van der Waals surface area (Å²) in [5.74, 6) is -3.65. The number of benzene rings is 2. The fourth-order valence-electron chi connectivity index (χ4n) is 2.78. The van der Waals surface area contributed by atoms with Crippen molar-refractivity contribution in [2.75, 3.05) is 11.9 Å². The van der Waals surface area contributed by atoms with Crippen LogP contribution in [0.1, 0.15) is 15.9 Å². The molecule has 0 bridgehead atoms. The Morgan fingerprint density at radius 3 is 2.21 bits per heavy atom. The zero-order chi connectivity index (χ0) is 17.7. The molecule has 0 saturated heterocycles. The number of hydrogen-bond acceptors (Lipinski definition) is 3. The van der Waals surface area contributed by atoms with E-state index in [4.69, 9.17) is 4.74 Å². The summed E-state index contributed by atoms with van der Waals surface area (Å²) in [7, 11) is 1.04. The highest BCUT2D eigenvalue weighted by Crippen LogP contribution is 2.50. The third-order valence-electron chi connectivity index (χ3n) is 3.84. The van der Waals surface area contributed by atoms with Crippen LogP contribution in [0.2, 0.25) is 0 Å². The molecule has 0 radical (unpaired) electrons. The minimum absolute atomic E-state index is 0.0595. The first-order valence-electron chi connectivity index (χ1n) is 6.76. The van der Waals surface area contributed by atoms with Crippen LogP contribution in [0, 0.1) is 11.6 Å². The molecule has 2 aromatic carbocycles. The minimum atomic E-state index is -5.15. The normalized spacial score (nSPS) is 20.6. The molecule has 0 aromatic heterocycles. The molecule has 1 atom stereocenters. The molecule has 0 unspecified atom stereocenters. The zero-order valence-electron chi connectivity index (χ0n) is 12.2. The first-order valence-corrected chi connectivity index (χ1v) is 6.76. The van der Waals surface area contributed by atoms with Gasteiger partial charge >= 0.3 is 17.9 Å². The number of carbonyl (C=O) groups is 1. The summed E-state index contributed by atoms with van der Waals surface area (Å²) < 4.78 is 73.4. The van der Waals surface area contributed by atoms with Gasteiger partial charge in [0, 0.05) is 18.7 Å². The summed E-state index contributed by atoms with van der Waals surface area (Å²) in [5.41, 5.74) is -4.33. The number of nitrogens with zero attached hydrogens (tertiary/aromatic N) is 1. The van der Waals surface area contributed by atoms with Crippen LogP contribution in [0.4, 0.5) is 27.6 Å². The Balaban J connectivity index is 2.31. The van der Waals surface area contributed by atoms with Gasteiger partial charge in [-0.15, -0.1) is 0 Å². The molecule has 0 spiro atoms. The van der Waals surface area contributed by atoms with Crippen molar-refractivity contribution in [3.63, 3.8) is 0 Å². The summed E-state index contributed by atoms with van der Waals surface area (Å²) in [4.78, 5) is 12.8. The van der Waals surface area contributed by atoms with Gasteiger partial charge in [-0.25, -0.2) is 13.6 Å². The van der Waals surface area contributed by atoms with Crippen LogP contribution in [0.15, 0.2) is 42.5 Å². The highest BCUT2D eigenvalue weighted by atomic mass is 19.4. The van der Waals surface area contributed by atoms with Crippen LogP contribution in [0.5, 0.6) is 0 Å².